The normalized spacial score (nSPS) is 10.3. The molecular weight excluding hydrogens is 245 g/mol. The lowest BCUT2D eigenvalue weighted by Gasteiger charge is -2.11. The second kappa shape index (κ2) is 6.20. The van der Waals surface area contributed by atoms with Gasteiger partial charge in [0, 0.05) is 18.2 Å². The van der Waals surface area contributed by atoms with E-state index in [0.29, 0.717) is 17.9 Å². The molecule has 0 fully saturated rings. The van der Waals surface area contributed by atoms with Crippen molar-refractivity contribution in [3.05, 3.63) is 59.4 Å². The first-order valence-corrected chi connectivity index (χ1v) is 5.97. The summed E-state index contributed by atoms with van der Waals surface area (Å²) >= 11 is 0. The maximum Gasteiger partial charge on any atom is 0.127 e. The van der Waals surface area contributed by atoms with E-state index < -0.39 is 0 Å². The largest absolute Gasteiger partial charge is 0.496 e. The summed E-state index contributed by atoms with van der Waals surface area (Å²) < 4.78 is 24.1. The van der Waals surface area contributed by atoms with Crippen molar-refractivity contribution >= 4 is 0 Å². The van der Waals surface area contributed by atoms with Crippen LogP contribution in [0.2, 0.25) is 0 Å². The molecule has 2 rings (SSSR count). The van der Waals surface area contributed by atoms with E-state index >= 15 is 0 Å². The number of halogens is 1. The highest BCUT2D eigenvalue weighted by molar-refractivity contribution is 5.34. The van der Waals surface area contributed by atoms with E-state index in [-0.39, 0.29) is 12.4 Å². The highest BCUT2D eigenvalue weighted by Gasteiger charge is 2.05. The summed E-state index contributed by atoms with van der Waals surface area (Å²) in [5.74, 6) is 0.863. The molecule has 0 aliphatic carbocycles. The molecule has 0 spiro atoms. The SMILES string of the molecule is COc1ccccc1COc1cc(F)cc(CN)c1. The molecule has 0 aliphatic rings. The second-order valence-corrected chi connectivity index (χ2v) is 4.10. The molecule has 0 bridgehead atoms. The Labute approximate surface area is 111 Å². The Morgan fingerprint density at radius 1 is 1.16 bits per heavy atom. The Morgan fingerprint density at radius 3 is 2.68 bits per heavy atom. The van der Waals surface area contributed by atoms with Gasteiger partial charge in [0.15, 0.2) is 0 Å². The van der Waals surface area contributed by atoms with Gasteiger partial charge in [-0.1, -0.05) is 18.2 Å². The topological polar surface area (TPSA) is 44.5 Å². The molecule has 0 aliphatic heterocycles. The third-order valence-corrected chi connectivity index (χ3v) is 2.75. The van der Waals surface area contributed by atoms with E-state index in [4.69, 9.17) is 15.2 Å². The predicted molar refractivity (Wildman–Crippen MR) is 71.6 cm³/mol. The molecule has 0 aromatic heterocycles. The fraction of sp³-hybridized carbons (Fsp3) is 0.200. The Kier molecular flexibility index (Phi) is 4.36. The van der Waals surface area contributed by atoms with Gasteiger partial charge in [-0.3, -0.25) is 0 Å². The summed E-state index contributed by atoms with van der Waals surface area (Å²) in [5.41, 5.74) is 7.11. The zero-order chi connectivity index (χ0) is 13.7. The minimum atomic E-state index is -0.349. The fourth-order valence-electron chi connectivity index (χ4n) is 1.81. The van der Waals surface area contributed by atoms with Crippen molar-refractivity contribution in [1.82, 2.24) is 0 Å². The maximum absolute atomic E-state index is 13.3. The lowest BCUT2D eigenvalue weighted by atomic mass is 10.2. The molecule has 0 unspecified atom stereocenters. The number of methoxy groups -OCH3 is 1. The van der Waals surface area contributed by atoms with Crippen LogP contribution in [0.25, 0.3) is 0 Å². The minimum Gasteiger partial charge on any atom is -0.496 e. The summed E-state index contributed by atoms with van der Waals surface area (Å²) in [7, 11) is 1.60. The third-order valence-electron chi connectivity index (χ3n) is 2.75. The maximum atomic E-state index is 13.3. The van der Waals surface area contributed by atoms with E-state index in [9.17, 15) is 4.39 Å². The first-order valence-electron chi connectivity index (χ1n) is 5.97. The van der Waals surface area contributed by atoms with E-state index in [1.165, 1.54) is 12.1 Å². The first kappa shape index (κ1) is 13.4. The number of para-hydroxylation sites is 1. The van der Waals surface area contributed by atoms with Crippen LogP contribution in [0.15, 0.2) is 42.5 Å². The molecule has 0 radical (unpaired) electrons. The van der Waals surface area contributed by atoms with Crippen LogP contribution in [0.1, 0.15) is 11.1 Å². The molecule has 2 aromatic rings. The fourth-order valence-corrected chi connectivity index (χ4v) is 1.81. The van der Waals surface area contributed by atoms with Gasteiger partial charge in [-0.15, -0.1) is 0 Å². The van der Waals surface area contributed by atoms with Crippen molar-refractivity contribution in [2.45, 2.75) is 13.2 Å². The van der Waals surface area contributed by atoms with Crippen LogP contribution in [0, 0.1) is 5.82 Å². The summed E-state index contributed by atoms with van der Waals surface area (Å²) in [5, 5.41) is 0. The van der Waals surface area contributed by atoms with Crippen molar-refractivity contribution in [3.63, 3.8) is 0 Å². The van der Waals surface area contributed by atoms with Crippen molar-refractivity contribution in [1.29, 1.82) is 0 Å². The van der Waals surface area contributed by atoms with E-state index in [1.54, 1.807) is 13.2 Å². The summed E-state index contributed by atoms with van der Waals surface area (Å²) in [6, 6.07) is 12.0. The standard InChI is InChI=1S/C15H16FNO2/c1-18-15-5-3-2-4-12(15)10-19-14-7-11(9-17)6-13(16)8-14/h2-8H,9-10,17H2,1H3. The van der Waals surface area contributed by atoms with Crippen molar-refractivity contribution < 1.29 is 13.9 Å². The van der Waals surface area contributed by atoms with Crippen LogP contribution in [0.4, 0.5) is 4.39 Å². The molecule has 0 saturated heterocycles. The second-order valence-electron chi connectivity index (χ2n) is 4.10. The van der Waals surface area contributed by atoms with Crippen LogP contribution in [0.3, 0.4) is 0 Å². The monoisotopic (exact) mass is 261 g/mol. The minimum absolute atomic E-state index is 0.281. The molecule has 0 atom stereocenters. The average Bonchev–Trinajstić information content (AvgIpc) is 2.44. The molecule has 3 nitrogen and oxygen atoms in total. The summed E-state index contributed by atoms with van der Waals surface area (Å²) in [4.78, 5) is 0. The van der Waals surface area contributed by atoms with Gasteiger partial charge in [0.05, 0.1) is 7.11 Å². The van der Waals surface area contributed by atoms with Gasteiger partial charge in [-0.25, -0.2) is 4.39 Å². The van der Waals surface area contributed by atoms with Crippen molar-refractivity contribution in [3.8, 4) is 11.5 Å². The molecule has 0 amide bonds. The van der Waals surface area contributed by atoms with Crippen molar-refractivity contribution in [2.75, 3.05) is 7.11 Å². The first-order chi connectivity index (χ1) is 9.22. The number of nitrogens with two attached hydrogens (primary N) is 1. The van der Waals surface area contributed by atoms with Crippen LogP contribution in [-0.2, 0) is 13.2 Å². The van der Waals surface area contributed by atoms with Gasteiger partial charge in [0.1, 0.15) is 23.9 Å². The van der Waals surface area contributed by atoms with Crippen molar-refractivity contribution in [2.24, 2.45) is 5.73 Å². The molecule has 19 heavy (non-hydrogen) atoms. The van der Waals surface area contributed by atoms with Gasteiger partial charge in [-0.05, 0) is 23.8 Å². The lowest BCUT2D eigenvalue weighted by molar-refractivity contribution is 0.295. The predicted octanol–water partition coefficient (Wildman–Crippen LogP) is 2.87. The molecular formula is C15H16FNO2. The Balaban J connectivity index is 2.12. The quantitative estimate of drug-likeness (QED) is 0.900. The Morgan fingerprint density at radius 2 is 1.95 bits per heavy atom. The highest BCUT2D eigenvalue weighted by atomic mass is 19.1. The number of hydrogen-bond acceptors (Lipinski definition) is 3. The van der Waals surface area contributed by atoms with Crippen LogP contribution in [0.5, 0.6) is 11.5 Å². The van der Waals surface area contributed by atoms with Gasteiger partial charge < -0.3 is 15.2 Å². The molecule has 0 heterocycles. The average molecular weight is 261 g/mol. The van der Waals surface area contributed by atoms with E-state index in [2.05, 4.69) is 0 Å². The molecule has 100 valence electrons. The number of benzene rings is 2. The van der Waals surface area contributed by atoms with Crippen LogP contribution < -0.4 is 15.2 Å². The molecule has 4 heteroatoms. The summed E-state index contributed by atoms with van der Waals surface area (Å²) in [6.07, 6.45) is 0. The van der Waals surface area contributed by atoms with Gasteiger partial charge in [0.2, 0.25) is 0 Å². The van der Waals surface area contributed by atoms with E-state index in [0.717, 1.165) is 11.3 Å². The van der Waals surface area contributed by atoms with Crippen LogP contribution in [-0.4, -0.2) is 7.11 Å². The van der Waals surface area contributed by atoms with Gasteiger partial charge in [0.25, 0.3) is 0 Å². The number of hydrogen-bond donors (Lipinski definition) is 1. The van der Waals surface area contributed by atoms with Gasteiger partial charge >= 0.3 is 0 Å². The zero-order valence-electron chi connectivity index (χ0n) is 10.7. The Bertz CT molecular complexity index is 558. The third kappa shape index (κ3) is 3.45. The highest BCUT2D eigenvalue weighted by Crippen LogP contribution is 2.21. The lowest BCUT2D eigenvalue weighted by Crippen LogP contribution is -2.01. The number of ether oxygens (including phenoxy) is 2. The Hall–Kier alpha value is -2.07. The zero-order valence-corrected chi connectivity index (χ0v) is 10.7. The molecule has 2 N–H and O–H groups in total. The summed E-state index contributed by atoms with van der Waals surface area (Å²) in [6.45, 7) is 0.597. The smallest absolute Gasteiger partial charge is 0.127 e. The van der Waals surface area contributed by atoms with E-state index in [1.807, 2.05) is 24.3 Å². The van der Waals surface area contributed by atoms with Crippen LogP contribution >= 0.6 is 0 Å². The van der Waals surface area contributed by atoms with Gasteiger partial charge in [-0.2, -0.15) is 0 Å². The molecule has 2 aromatic carbocycles. The molecule has 0 saturated carbocycles. The number of rotatable bonds is 5.